The molecule has 6 heterocycles. The quantitative estimate of drug-likeness (QED) is 0.106. The van der Waals surface area contributed by atoms with Crippen molar-refractivity contribution in [1.82, 2.24) is 19.9 Å². The van der Waals surface area contributed by atoms with E-state index in [4.69, 9.17) is 15.0 Å². The van der Waals surface area contributed by atoms with E-state index in [1.165, 1.54) is 54.9 Å². The van der Waals surface area contributed by atoms with E-state index in [0.717, 1.165) is 90.0 Å². The molecule has 1 saturated carbocycles. The molecule has 5 aliphatic rings. The predicted octanol–water partition coefficient (Wildman–Crippen LogP) is 15.3. The SMILES string of the molecule is Cc1cc(C2CC(c3cc(F)cc(F)c3)CC2=O)ccc1-c1cn(C)c2ncnc(N)c12.Cc1cc(N2CC(c3cc(F)cc(F)c3)CC2=O)ccc1B1OC(C)(C)C(C)(C)O1.Cc1cc(N2CC(c3cc(F)cc(F)c3)CC2=O)ccc1Br.O=C1CC(c2cc(F)cc(F)c2)CN1. The van der Waals surface area contributed by atoms with E-state index in [-0.39, 0.29) is 72.4 Å². The first-order chi connectivity index (χ1) is 46.4. The molecule has 4 saturated heterocycles. The van der Waals surface area contributed by atoms with Crippen LogP contribution in [0.15, 0.2) is 144 Å². The van der Waals surface area contributed by atoms with E-state index < -0.39 is 64.9 Å². The van der Waals surface area contributed by atoms with Crippen LogP contribution < -0.4 is 26.3 Å². The van der Waals surface area contributed by atoms with Gasteiger partial charge in [0.1, 0.15) is 70.1 Å². The summed E-state index contributed by atoms with van der Waals surface area (Å²) in [5, 5.41) is 3.43. The summed E-state index contributed by atoms with van der Waals surface area (Å²) in [5.74, 6) is -5.57. The molecule has 13 nitrogen and oxygen atoms in total. The van der Waals surface area contributed by atoms with Gasteiger partial charge in [0.15, 0.2) is 0 Å². The number of nitrogen functional groups attached to an aromatic ring is 1. The molecule has 7 aromatic carbocycles. The van der Waals surface area contributed by atoms with Gasteiger partial charge >= 0.3 is 7.12 Å². The number of anilines is 3. The fourth-order valence-corrected chi connectivity index (χ4v) is 13.7. The van der Waals surface area contributed by atoms with Crippen molar-refractivity contribution in [2.75, 3.05) is 35.2 Å². The average molecular weight is 1410 g/mol. The van der Waals surface area contributed by atoms with E-state index >= 15 is 0 Å². The van der Waals surface area contributed by atoms with Gasteiger partial charge in [-0.3, -0.25) is 19.2 Å². The maximum atomic E-state index is 13.7. The Balaban J connectivity index is 0.000000137. The monoisotopic (exact) mass is 1410 g/mol. The number of amides is 3. The number of halogens is 9. The summed E-state index contributed by atoms with van der Waals surface area (Å²) in [6.45, 7) is 15.2. The molecular weight excluding hydrogens is 1340 g/mol. The molecule has 0 spiro atoms. The van der Waals surface area contributed by atoms with Crippen LogP contribution in [0.4, 0.5) is 52.3 Å². The number of aromatic nitrogens is 3. The molecule has 4 aliphatic heterocycles. The normalized spacial score (nSPS) is 20.1. The molecule has 508 valence electrons. The smallest absolute Gasteiger partial charge is 0.399 e. The van der Waals surface area contributed by atoms with Crippen LogP contribution in [0.5, 0.6) is 0 Å². The minimum absolute atomic E-state index is 0.0311. The molecule has 14 rings (SSSR count). The van der Waals surface area contributed by atoms with Gasteiger partial charge in [-0.25, -0.2) is 45.1 Å². The van der Waals surface area contributed by atoms with E-state index in [1.54, 1.807) is 9.80 Å². The summed E-state index contributed by atoms with van der Waals surface area (Å²) < 4.78 is 122. The van der Waals surface area contributed by atoms with Crippen molar-refractivity contribution in [3.8, 4) is 11.1 Å². The third kappa shape index (κ3) is 15.4. The van der Waals surface area contributed by atoms with Crippen LogP contribution >= 0.6 is 15.9 Å². The number of aryl methyl sites for hydroxylation is 4. The van der Waals surface area contributed by atoms with Gasteiger partial charge in [-0.2, -0.15) is 0 Å². The van der Waals surface area contributed by atoms with Crippen LogP contribution in [-0.2, 0) is 35.5 Å². The Bertz CT molecular complexity index is 4510. The molecule has 5 fully saturated rings. The predicted molar refractivity (Wildman–Crippen MR) is 364 cm³/mol. The van der Waals surface area contributed by atoms with Crippen LogP contribution in [0.25, 0.3) is 22.2 Å². The van der Waals surface area contributed by atoms with Crippen molar-refractivity contribution >= 4 is 80.2 Å². The number of carbonyl (C=O) groups is 4. The molecule has 0 radical (unpaired) electrons. The zero-order valence-electron chi connectivity index (χ0n) is 55.1. The van der Waals surface area contributed by atoms with Crippen LogP contribution in [-0.4, -0.2) is 76.0 Å². The number of Topliss-reactive ketones (excluding diaryl/α,β-unsaturated/α-hetero) is 1. The second-order valence-corrected chi connectivity index (χ2v) is 27.6. The maximum Gasteiger partial charge on any atom is 0.495 e. The first-order valence-corrected chi connectivity index (χ1v) is 32.8. The molecule has 5 atom stereocenters. The van der Waals surface area contributed by atoms with Crippen molar-refractivity contribution < 1.29 is 63.6 Å². The minimum atomic E-state index is -0.626. The number of nitrogens with two attached hydrogens (primary N) is 1. The molecule has 1 aliphatic carbocycles. The molecule has 9 aromatic rings. The van der Waals surface area contributed by atoms with Gasteiger partial charge in [0.05, 0.1) is 16.6 Å². The summed E-state index contributed by atoms with van der Waals surface area (Å²) in [7, 11) is 1.44. The van der Waals surface area contributed by atoms with Gasteiger partial charge in [-0.05, 0) is 195 Å². The topological polar surface area (TPSA) is 162 Å². The highest BCUT2D eigenvalue weighted by Crippen LogP contribution is 2.44. The Hall–Kier alpha value is -9.06. The number of rotatable bonds is 9. The zero-order chi connectivity index (χ0) is 70.4. The van der Waals surface area contributed by atoms with Gasteiger partial charge in [0.2, 0.25) is 17.7 Å². The molecular formula is C75H71BBrF8N7O6. The Morgan fingerprint density at radius 2 is 1.00 bits per heavy atom. The van der Waals surface area contributed by atoms with Crippen molar-refractivity contribution in [2.45, 2.75) is 121 Å². The second kappa shape index (κ2) is 28.4. The molecule has 3 amide bonds. The Labute approximate surface area is 571 Å². The maximum absolute atomic E-state index is 13.7. The highest BCUT2D eigenvalue weighted by Gasteiger charge is 2.52. The third-order valence-corrected chi connectivity index (χ3v) is 20.2. The van der Waals surface area contributed by atoms with E-state index in [0.29, 0.717) is 60.5 Å². The summed E-state index contributed by atoms with van der Waals surface area (Å²) in [6.07, 6.45) is 5.04. The van der Waals surface area contributed by atoms with Crippen LogP contribution in [0.3, 0.4) is 0 Å². The van der Waals surface area contributed by atoms with Crippen molar-refractivity contribution in [1.29, 1.82) is 0 Å². The van der Waals surface area contributed by atoms with Crippen molar-refractivity contribution in [2.24, 2.45) is 7.05 Å². The van der Waals surface area contributed by atoms with E-state index in [1.807, 2.05) is 121 Å². The summed E-state index contributed by atoms with van der Waals surface area (Å²) in [6, 6.07) is 31.2. The lowest BCUT2D eigenvalue weighted by Gasteiger charge is -2.32. The number of fused-ring (bicyclic) bond motifs is 1. The number of carbonyl (C=O) groups excluding carboxylic acids is 4. The number of ketones is 1. The fraction of sp³-hybridized carbons (Fsp3) is 0.307. The second-order valence-electron chi connectivity index (χ2n) is 26.7. The standard InChI is InChI=1S/C25H22F2N4O.C23H26BF2NO3.C17H14BrF2NO.C10H9F2NO/c1-13-5-14(20-8-16(9-22(20)32)15-6-17(26)10-18(27)7-15)3-4-19(13)21-11-31(2)25-23(21)24(28)29-12-30-25;1-14-8-19(6-7-20(14)24-29-22(2,3)23(4,5)30-24)27-13-16(11-21(27)28)15-9-17(25)12-18(26)10-15;1-10-4-15(2-3-16(10)18)21-9-12(7-17(21)22)11-5-13(19)8-14(20)6-11;11-8-1-6(2-9(12)4-8)7-3-10(14)13-5-7/h3-7,10-12,16,20H,8-9H2,1-2H3,(H2,28,29,30);6-10,12,16H,11,13H2,1-5H3;2-6,8,12H,7,9H2,1H3;1-2,4,7H,3,5H2,(H,13,14). The van der Waals surface area contributed by atoms with Crippen LogP contribution in [0.2, 0.25) is 0 Å². The zero-order valence-corrected chi connectivity index (χ0v) is 56.7. The first kappa shape index (κ1) is 70.3. The molecule has 5 unspecified atom stereocenters. The lowest BCUT2D eigenvalue weighted by molar-refractivity contribution is -0.119. The van der Waals surface area contributed by atoms with E-state index in [9.17, 15) is 54.3 Å². The highest BCUT2D eigenvalue weighted by atomic mass is 79.9. The molecule has 2 aromatic heterocycles. The Morgan fingerprint density at radius 1 is 0.531 bits per heavy atom. The molecule has 3 N–H and O–H groups in total. The van der Waals surface area contributed by atoms with Gasteiger partial charge in [-0.15, -0.1) is 0 Å². The number of nitrogens with one attached hydrogen (secondary N) is 1. The summed E-state index contributed by atoms with van der Waals surface area (Å²) in [4.78, 5) is 60.4. The van der Waals surface area contributed by atoms with Gasteiger partial charge in [0, 0.05) is 128 Å². The lowest BCUT2D eigenvalue weighted by atomic mass is 9.76. The third-order valence-electron chi connectivity index (χ3n) is 19.3. The Morgan fingerprint density at radius 3 is 1.46 bits per heavy atom. The van der Waals surface area contributed by atoms with Crippen molar-refractivity contribution in [3.05, 3.63) is 235 Å². The molecule has 98 heavy (non-hydrogen) atoms. The average Bonchev–Trinajstić information content (AvgIpc) is 1.59. The first-order valence-electron chi connectivity index (χ1n) is 32.0. The summed E-state index contributed by atoms with van der Waals surface area (Å²) >= 11 is 3.43. The highest BCUT2D eigenvalue weighted by molar-refractivity contribution is 9.10. The van der Waals surface area contributed by atoms with E-state index in [2.05, 4.69) is 31.2 Å². The van der Waals surface area contributed by atoms with Gasteiger partial charge in [0.25, 0.3) is 0 Å². The van der Waals surface area contributed by atoms with Crippen molar-refractivity contribution in [3.63, 3.8) is 0 Å². The Kier molecular flexibility index (Phi) is 20.4. The molecule has 0 bridgehead atoms. The molecule has 23 heteroatoms. The fourth-order valence-electron chi connectivity index (χ4n) is 13.4. The number of hydrogen-bond acceptors (Lipinski definition) is 9. The summed E-state index contributed by atoms with van der Waals surface area (Å²) in [5.41, 5.74) is 16.5. The number of nitrogens with zero attached hydrogens (tertiary/aromatic N) is 5. The van der Waals surface area contributed by atoms with Gasteiger partial charge < -0.3 is 34.7 Å². The largest absolute Gasteiger partial charge is 0.495 e. The number of benzene rings is 7. The number of hydrogen-bond donors (Lipinski definition) is 2. The van der Waals surface area contributed by atoms with Crippen LogP contribution in [0.1, 0.15) is 134 Å². The van der Waals surface area contributed by atoms with Crippen LogP contribution in [0, 0.1) is 67.3 Å². The lowest BCUT2D eigenvalue weighted by Crippen LogP contribution is -2.41. The van der Waals surface area contributed by atoms with Gasteiger partial charge in [-0.1, -0.05) is 40.2 Å². The minimum Gasteiger partial charge on any atom is -0.399 e.